The molecule has 0 spiro atoms. The number of hydrogen-bond donors (Lipinski definition) is 1. The van der Waals surface area contributed by atoms with E-state index in [-0.39, 0.29) is 11.8 Å². The van der Waals surface area contributed by atoms with Crippen LogP contribution >= 0.6 is 0 Å². The Hall–Kier alpha value is -2.07. The highest BCUT2D eigenvalue weighted by molar-refractivity contribution is 5.37. The lowest BCUT2D eigenvalue weighted by atomic mass is 10.1. The van der Waals surface area contributed by atoms with Gasteiger partial charge in [-0.3, -0.25) is 0 Å². The van der Waals surface area contributed by atoms with Gasteiger partial charge in [0, 0.05) is 6.04 Å². The Balaban J connectivity index is 2.18. The highest BCUT2D eigenvalue weighted by Crippen LogP contribution is 2.27. The number of halogens is 1. The van der Waals surface area contributed by atoms with E-state index in [9.17, 15) is 4.39 Å². The minimum Gasteiger partial charge on any atom is -0.497 e. The summed E-state index contributed by atoms with van der Waals surface area (Å²) < 4.78 is 24.3. The predicted molar refractivity (Wildman–Crippen MR) is 72.1 cm³/mol. The van der Waals surface area contributed by atoms with E-state index in [0.29, 0.717) is 5.75 Å². The molecule has 19 heavy (non-hydrogen) atoms. The van der Waals surface area contributed by atoms with Crippen LogP contribution in [-0.4, -0.2) is 7.11 Å². The highest BCUT2D eigenvalue weighted by atomic mass is 19.1. The standard InChI is InChI=1S/C15H16FNO2/c1-10(17)11-3-8-15(14(16)9-11)19-13-6-4-12(18-2)5-7-13/h3-10H,17H2,1-2H3/t10-/m0/s1. The zero-order chi connectivity index (χ0) is 13.8. The molecular formula is C15H16FNO2. The molecule has 3 nitrogen and oxygen atoms in total. The second-order valence-corrected chi connectivity index (χ2v) is 4.26. The number of rotatable bonds is 4. The van der Waals surface area contributed by atoms with Gasteiger partial charge >= 0.3 is 0 Å². The van der Waals surface area contributed by atoms with Gasteiger partial charge in [-0.05, 0) is 48.9 Å². The molecule has 0 aliphatic carbocycles. The minimum absolute atomic E-state index is 0.176. The monoisotopic (exact) mass is 261 g/mol. The molecule has 100 valence electrons. The van der Waals surface area contributed by atoms with Gasteiger partial charge in [0.25, 0.3) is 0 Å². The molecule has 0 saturated carbocycles. The summed E-state index contributed by atoms with van der Waals surface area (Å²) in [5, 5.41) is 0. The van der Waals surface area contributed by atoms with Crippen molar-refractivity contribution in [3.8, 4) is 17.2 Å². The van der Waals surface area contributed by atoms with E-state index in [1.165, 1.54) is 6.07 Å². The van der Waals surface area contributed by atoms with Crippen molar-refractivity contribution in [2.75, 3.05) is 7.11 Å². The van der Waals surface area contributed by atoms with Crippen molar-refractivity contribution >= 4 is 0 Å². The quantitative estimate of drug-likeness (QED) is 0.913. The average Bonchev–Trinajstić information content (AvgIpc) is 2.41. The van der Waals surface area contributed by atoms with Crippen molar-refractivity contribution in [1.82, 2.24) is 0 Å². The van der Waals surface area contributed by atoms with Crippen molar-refractivity contribution in [2.45, 2.75) is 13.0 Å². The molecule has 0 aromatic heterocycles. The molecule has 0 fully saturated rings. The van der Waals surface area contributed by atoms with Crippen LogP contribution in [0.15, 0.2) is 42.5 Å². The van der Waals surface area contributed by atoms with E-state index >= 15 is 0 Å². The van der Waals surface area contributed by atoms with E-state index < -0.39 is 5.82 Å². The van der Waals surface area contributed by atoms with Crippen molar-refractivity contribution in [2.24, 2.45) is 5.73 Å². The Morgan fingerprint density at radius 1 is 1.05 bits per heavy atom. The molecule has 2 aromatic carbocycles. The number of nitrogens with two attached hydrogens (primary N) is 1. The van der Waals surface area contributed by atoms with Gasteiger partial charge in [-0.2, -0.15) is 0 Å². The number of ether oxygens (including phenoxy) is 2. The SMILES string of the molecule is COc1ccc(Oc2ccc([C@H](C)N)cc2F)cc1. The van der Waals surface area contributed by atoms with Gasteiger partial charge in [0.05, 0.1) is 7.11 Å². The molecular weight excluding hydrogens is 245 g/mol. The topological polar surface area (TPSA) is 44.5 Å². The minimum atomic E-state index is -0.425. The second-order valence-electron chi connectivity index (χ2n) is 4.26. The summed E-state index contributed by atoms with van der Waals surface area (Å²) in [5.41, 5.74) is 6.43. The van der Waals surface area contributed by atoms with Crippen molar-refractivity contribution in [3.63, 3.8) is 0 Å². The third-order valence-corrected chi connectivity index (χ3v) is 2.77. The first-order valence-corrected chi connectivity index (χ1v) is 5.97. The van der Waals surface area contributed by atoms with Gasteiger partial charge < -0.3 is 15.2 Å². The molecule has 0 saturated heterocycles. The van der Waals surface area contributed by atoms with Crippen molar-refractivity contribution < 1.29 is 13.9 Å². The van der Waals surface area contributed by atoms with Crippen LogP contribution < -0.4 is 15.2 Å². The Morgan fingerprint density at radius 2 is 1.68 bits per heavy atom. The molecule has 0 bridgehead atoms. The van der Waals surface area contributed by atoms with E-state index in [0.717, 1.165) is 11.3 Å². The van der Waals surface area contributed by atoms with Crippen LogP contribution in [0.2, 0.25) is 0 Å². The number of methoxy groups -OCH3 is 1. The molecule has 0 aliphatic heterocycles. The van der Waals surface area contributed by atoms with Crippen molar-refractivity contribution in [1.29, 1.82) is 0 Å². The third-order valence-electron chi connectivity index (χ3n) is 2.77. The molecule has 2 N–H and O–H groups in total. The summed E-state index contributed by atoms with van der Waals surface area (Å²) >= 11 is 0. The molecule has 0 aliphatic rings. The maximum Gasteiger partial charge on any atom is 0.166 e. The summed E-state index contributed by atoms with van der Waals surface area (Å²) in [5.74, 6) is 1.02. The molecule has 0 radical (unpaired) electrons. The van der Waals surface area contributed by atoms with Crippen LogP contribution in [-0.2, 0) is 0 Å². The Morgan fingerprint density at radius 3 is 2.21 bits per heavy atom. The Kier molecular flexibility index (Phi) is 4.02. The lowest BCUT2D eigenvalue weighted by Crippen LogP contribution is -2.05. The fourth-order valence-corrected chi connectivity index (χ4v) is 1.65. The lowest BCUT2D eigenvalue weighted by molar-refractivity contribution is 0.411. The molecule has 2 rings (SSSR count). The van der Waals surface area contributed by atoms with Gasteiger partial charge in [0.1, 0.15) is 11.5 Å². The number of benzene rings is 2. The Bertz CT molecular complexity index is 553. The van der Waals surface area contributed by atoms with Gasteiger partial charge in [-0.1, -0.05) is 6.07 Å². The van der Waals surface area contributed by atoms with Gasteiger partial charge in [0.2, 0.25) is 0 Å². The summed E-state index contributed by atoms with van der Waals surface area (Å²) in [7, 11) is 1.59. The third kappa shape index (κ3) is 3.23. The number of hydrogen-bond acceptors (Lipinski definition) is 3. The highest BCUT2D eigenvalue weighted by Gasteiger charge is 2.08. The first-order valence-electron chi connectivity index (χ1n) is 5.97. The molecule has 0 heterocycles. The molecule has 0 amide bonds. The zero-order valence-electron chi connectivity index (χ0n) is 10.9. The van der Waals surface area contributed by atoms with E-state index in [4.69, 9.17) is 15.2 Å². The van der Waals surface area contributed by atoms with Crippen LogP contribution in [0.3, 0.4) is 0 Å². The van der Waals surface area contributed by atoms with Gasteiger partial charge in [-0.25, -0.2) is 4.39 Å². The van der Waals surface area contributed by atoms with Crippen LogP contribution in [0.4, 0.5) is 4.39 Å². The average molecular weight is 261 g/mol. The Labute approximate surface area is 111 Å². The van der Waals surface area contributed by atoms with Crippen LogP contribution in [0, 0.1) is 5.82 Å². The lowest BCUT2D eigenvalue weighted by Gasteiger charge is -2.10. The van der Waals surface area contributed by atoms with E-state index in [1.54, 1.807) is 50.4 Å². The zero-order valence-corrected chi connectivity index (χ0v) is 10.9. The maximum absolute atomic E-state index is 13.8. The summed E-state index contributed by atoms with van der Waals surface area (Å²) in [4.78, 5) is 0. The first kappa shape index (κ1) is 13.4. The van der Waals surface area contributed by atoms with Crippen LogP contribution in [0.25, 0.3) is 0 Å². The maximum atomic E-state index is 13.8. The van der Waals surface area contributed by atoms with E-state index in [2.05, 4.69) is 0 Å². The largest absolute Gasteiger partial charge is 0.497 e. The second kappa shape index (κ2) is 5.71. The van der Waals surface area contributed by atoms with E-state index in [1.807, 2.05) is 0 Å². The molecule has 4 heteroatoms. The van der Waals surface area contributed by atoms with Gasteiger partial charge in [0.15, 0.2) is 11.6 Å². The van der Waals surface area contributed by atoms with Crippen LogP contribution in [0.5, 0.6) is 17.2 Å². The smallest absolute Gasteiger partial charge is 0.166 e. The molecule has 0 unspecified atom stereocenters. The van der Waals surface area contributed by atoms with Gasteiger partial charge in [-0.15, -0.1) is 0 Å². The van der Waals surface area contributed by atoms with Crippen LogP contribution in [0.1, 0.15) is 18.5 Å². The summed E-state index contributed by atoms with van der Waals surface area (Å²) in [6.07, 6.45) is 0. The normalized spacial score (nSPS) is 12.0. The summed E-state index contributed by atoms with van der Waals surface area (Å²) in [6.45, 7) is 1.80. The predicted octanol–water partition coefficient (Wildman–Crippen LogP) is 3.65. The van der Waals surface area contributed by atoms with Crippen molar-refractivity contribution in [3.05, 3.63) is 53.8 Å². The fourth-order valence-electron chi connectivity index (χ4n) is 1.65. The first-order chi connectivity index (χ1) is 9.10. The molecule has 2 aromatic rings. The fraction of sp³-hybridized carbons (Fsp3) is 0.200. The summed E-state index contributed by atoms with van der Waals surface area (Å²) in [6, 6.07) is 11.5. The molecule has 1 atom stereocenters.